The molecule has 10 heteroatoms. The van der Waals surface area contributed by atoms with Gasteiger partial charge in [0.1, 0.15) is 17.5 Å². The quantitative estimate of drug-likeness (QED) is 0.361. The number of aromatic nitrogens is 1. The van der Waals surface area contributed by atoms with E-state index in [0.29, 0.717) is 51.8 Å². The fraction of sp³-hybridized carbons (Fsp3) is 0.360. The number of anilines is 2. The van der Waals surface area contributed by atoms with Crippen molar-refractivity contribution in [1.29, 1.82) is 0 Å². The van der Waals surface area contributed by atoms with Crippen molar-refractivity contribution in [2.45, 2.75) is 57.3 Å². The Labute approximate surface area is 210 Å². The van der Waals surface area contributed by atoms with Gasteiger partial charge in [-0.1, -0.05) is 54.2 Å². The highest BCUT2D eigenvalue weighted by molar-refractivity contribution is 7.93. The maximum Gasteiger partial charge on any atom is 0.412 e. The summed E-state index contributed by atoms with van der Waals surface area (Å²) in [4.78, 5) is 12.6. The molecule has 0 spiro atoms. The Morgan fingerprint density at radius 3 is 2.49 bits per heavy atom. The maximum atomic E-state index is 12.7. The molecule has 1 aliphatic carbocycles. The lowest BCUT2D eigenvalue weighted by Gasteiger charge is -2.22. The molecule has 1 saturated carbocycles. The van der Waals surface area contributed by atoms with E-state index >= 15 is 0 Å². The van der Waals surface area contributed by atoms with Crippen molar-refractivity contribution in [3.05, 3.63) is 64.8 Å². The Bertz CT molecular complexity index is 1280. The minimum atomic E-state index is -3.44. The Morgan fingerprint density at radius 1 is 1.11 bits per heavy atom. The molecule has 0 saturated heterocycles. The van der Waals surface area contributed by atoms with Crippen LogP contribution in [0, 0.1) is 6.92 Å². The van der Waals surface area contributed by atoms with Crippen LogP contribution in [-0.2, 0) is 14.8 Å². The summed E-state index contributed by atoms with van der Waals surface area (Å²) in [7, 11) is -3.44. The molecule has 2 N–H and O–H groups in total. The van der Waals surface area contributed by atoms with Crippen LogP contribution >= 0.6 is 11.6 Å². The van der Waals surface area contributed by atoms with Crippen LogP contribution in [0.15, 0.2) is 53.1 Å². The van der Waals surface area contributed by atoms with Crippen molar-refractivity contribution in [3.8, 4) is 11.3 Å². The van der Waals surface area contributed by atoms with Crippen molar-refractivity contribution in [3.63, 3.8) is 0 Å². The molecule has 1 atom stereocenters. The molecule has 3 aromatic rings. The van der Waals surface area contributed by atoms with Gasteiger partial charge in [0.2, 0.25) is 10.0 Å². The first-order valence-electron chi connectivity index (χ1n) is 11.5. The standard InChI is InChI=1S/C25H28ClN3O5S/c1-16-23(27-25(30)33-17(2)21-10-6-7-11-22(21)26)24(34-28-16)18-12-14-19(15-13-18)29-35(31,32)20-8-4-3-5-9-20/h6-7,10-15,17,20,29H,3-5,8-9H2,1-2H3,(H,27,30). The van der Waals surface area contributed by atoms with Crippen LogP contribution in [-0.4, -0.2) is 24.9 Å². The lowest BCUT2D eigenvalue weighted by atomic mass is 10.0. The minimum Gasteiger partial charge on any atom is -0.441 e. The summed E-state index contributed by atoms with van der Waals surface area (Å²) in [6.45, 7) is 3.43. The number of nitrogens with one attached hydrogen (secondary N) is 2. The number of amides is 1. The van der Waals surface area contributed by atoms with Crippen LogP contribution in [0.1, 0.15) is 56.4 Å². The van der Waals surface area contributed by atoms with Crippen LogP contribution in [0.5, 0.6) is 0 Å². The van der Waals surface area contributed by atoms with Gasteiger partial charge < -0.3 is 9.26 Å². The maximum absolute atomic E-state index is 12.7. The van der Waals surface area contributed by atoms with Crippen molar-refractivity contribution < 1.29 is 22.5 Å². The highest BCUT2D eigenvalue weighted by Crippen LogP contribution is 2.33. The summed E-state index contributed by atoms with van der Waals surface area (Å²) >= 11 is 6.19. The Hall–Kier alpha value is -3.04. The number of ether oxygens (including phenoxy) is 1. The number of hydrogen-bond acceptors (Lipinski definition) is 6. The molecule has 1 unspecified atom stereocenters. The summed E-state index contributed by atoms with van der Waals surface area (Å²) in [6, 6.07) is 13.9. The molecular formula is C25H28ClN3O5S. The number of halogens is 1. The molecule has 1 amide bonds. The zero-order valence-corrected chi connectivity index (χ0v) is 21.2. The van der Waals surface area contributed by atoms with Crippen molar-refractivity contribution in [1.82, 2.24) is 5.16 Å². The predicted octanol–water partition coefficient (Wildman–Crippen LogP) is 6.69. The molecule has 8 nitrogen and oxygen atoms in total. The van der Waals surface area contributed by atoms with Crippen molar-refractivity contribution in [2.24, 2.45) is 0 Å². The van der Waals surface area contributed by atoms with Gasteiger partial charge in [0, 0.05) is 21.8 Å². The lowest BCUT2D eigenvalue weighted by Crippen LogP contribution is -2.29. The van der Waals surface area contributed by atoms with E-state index in [1.165, 1.54) is 0 Å². The molecule has 0 aliphatic heterocycles. The Morgan fingerprint density at radius 2 is 1.80 bits per heavy atom. The second-order valence-electron chi connectivity index (χ2n) is 8.65. The Kier molecular flexibility index (Phi) is 7.66. The molecular weight excluding hydrogens is 490 g/mol. The third-order valence-electron chi connectivity index (χ3n) is 6.12. The fourth-order valence-electron chi connectivity index (χ4n) is 4.19. The zero-order valence-electron chi connectivity index (χ0n) is 19.6. The van der Waals surface area contributed by atoms with E-state index < -0.39 is 22.2 Å². The number of benzene rings is 2. The van der Waals surface area contributed by atoms with Gasteiger partial charge in [-0.3, -0.25) is 10.0 Å². The zero-order chi connectivity index (χ0) is 25.0. The largest absolute Gasteiger partial charge is 0.441 e. The third-order valence-corrected chi connectivity index (χ3v) is 8.33. The minimum absolute atomic E-state index is 0.339. The molecule has 35 heavy (non-hydrogen) atoms. The van der Waals surface area contributed by atoms with E-state index in [2.05, 4.69) is 15.2 Å². The van der Waals surface area contributed by atoms with Crippen LogP contribution in [0.2, 0.25) is 5.02 Å². The van der Waals surface area contributed by atoms with E-state index in [4.69, 9.17) is 20.9 Å². The van der Waals surface area contributed by atoms with Crippen molar-refractivity contribution in [2.75, 3.05) is 10.0 Å². The summed E-state index contributed by atoms with van der Waals surface area (Å²) in [5.74, 6) is 0.339. The van der Waals surface area contributed by atoms with Gasteiger partial charge in [-0.2, -0.15) is 0 Å². The molecule has 0 radical (unpaired) electrons. The predicted molar refractivity (Wildman–Crippen MR) is 136 cm³/mol. The van der Waals surface area contributed by atoms with Gasteiger partial charge in [0.05, 0.1) is 5.25 Å². The molecule has 0 bridgehead atoms. The number of sulfonamides is 1. The number of nitrogens with zero attached hydrogens (tertiary/aromatic N) is 1. The number of carbonyl (C=O) groups is 1. The molecule has 1 fully saturated rings. The highest BCUT2D eigenvalue weighted by atomic mass is 35.5. The van der Waals surface area contributed by atoms with E-state index in [0.717, 1.165) is 19.3 Å². The Balaban J connectivity index is 1.45. The van der Waals surface area contributed by atoms with Gasteiger partial charge in [0.25, 0.3) is 0 Å². The molecule has 4 rings (SSSR count). The molecule has 1 aliphatic rings. The first kappa shape index (κ1) is 25.1. The van der Waals surface area contributed by atoms with Gasteiger partial charge in [-0.15, -0.1) is 0 Å². The van der Waals surface area contributed by atoms with Crippen LogP contribution in [0.25, 0.3) is 11.3 Å². The first-order valence-corrected chi connectivity index (χ1v) is 13.5. The summed E-state index contributed by atoms with van der Waals surface area (Å²) < 4.78 is 39.0. The second-order valence-corrected chi connectivity index (χ2v) is 11.0. The van der Waals surface area contributed by atoms with E-state index in [9.17, 15) is 13.2 Å². The summed E-state index contributed by atoms with van der Waals surface area (Å²) in [5, 5.41) is 6.81. The van der Waals surface area contributed by atoms with Gasteiger partial charge in [0.15, 0.2) is 5.76 Å². The fourth-order valence-corrected chi connectivity index (χ4v) is 6.06. The first-order chi connectivity index (χ1) is 16.7. The molecule has 2 aromatic carbocycles. The average Bonchev–Trinajstić information content (AvgIpc) is 3.20. The third kappa shape index (κ3) is 5.97. The van der Waals surface area contributed by atoms with Crippen molar-refractivity contribution >= 4 is 39.1 Å². The van der Waals surface area contributed by atoms with Crippen LogP contribution in [0.3, 0.4) is 0 Å². The smallest absolute Gasteiger partial charge is 0.412 e. The van der Waals surface area contributed by atoms with Crippen LogP contribution in [0.4, 0.5) is 16.2 Å². The van der Waals surface area contributed by atoms with E-state index in [1.54, 1.807) is 56.3 Å². The molecule has 186 valence electrons. The van der Waals surface area contributed by atoms with E-state index in [1.807, 2.05) is 6.07 Å². The topological polar surface area (TPSA) is 111 Å². The molecule has 1 heterocycles. The van der Waals surface area contributed by atoms with Crippen LogP contribution < -0.4 is 10.0 Å². The number of carbonyl (C=O) groups excluding carboxylic acids is 1. The van der Waals surface area contributed by atoms with Gasteiger partial charge in [-0.25, -0.2) is 13.2 Å². The molecule has 1 aromatic heterocycles. The number of hydrogen-bond donors (Lipinski definition) is 2. The number of rotatable bonds is 7. The summed E-state index contributed by atoms with van der Waals surface area (Å²) in [5.41, 5.74) is 2.64. The second kappa shape index (κ2) is 10.7. The normalized spacial score (nSPS) is 15.4. The highest BCUT2D eigenvalue weighted by Gasteiger charge is 2.27. The summed E-state index contributed by atoms with van der Waals surface area (Å²) in [6.07, 6.45) is 3.08. The van der Waals surface area contributed by atoms with Gasteiger partial charge >= 0.3 is 6.09 Å². The number of aryl methyl sites for hydroxylation is 1. The van der Waals surface area contributed by atoms with Gasteiger partial charge in [-0.05, 0) is 57.0 Å². The van der Waals surface area contributed by atoms with E-state index in [-0.39, 0.29) is 5.25 Å². The monoisotopic (exact) mass is 517 g/mol. The lowest BCUT2D eigenvalue weighted by molar-refractivity contribution is 0.121. The average molecular weight is 518 g/mol. The SMILES string of the molecule is Cc1noc(-c2ccc(NS(=O)(=O)C3CCCCC3)cc2)c1NC(=O)OC(C)c1ccccc1Cl.